The maximum absolute atomic E-state index is 5.81. The second-order valence-corrected chi connectivity index (χ2v) is 8.72. The van der Waals surface area contributed by atoms with Crippen LogP contribution in [-0.4, -0.2) is 67.5 Å². The minimum atomic E-state index is 0.243. The van der Waals surface area contributed by atoms with E-state index in [0.29, 0.717) is 25.8 Å². The molecule has 3 aliphatic rings. The summed E-state index contributed by atoms with van der Waals surface area (Å²) in [4.78, 5) is 17.8. The molecule has 162 valence electrons. The number of tetrazole rings is 1. The van der Waals surface area contributed by atoms with E-state index >= 15 is 0 Å². The zero-order valence-corrected chi connectivity index (χ0v) is 17.6. The Morgan fingerprint density at radius 3 is 3.06 bits per heavy atom. The molecule has 3 aromatic heterocycles. The summed E-state index contributed by atoms with van der Waals surface area (Å²) < 4.78 is 7.79. The van der Waals surface area contributed by atoms with Crippen LogP contribution in [0.1, 0.15) is 24.7 Å². The molecule has 0 spiro atoms. The van der Waals surface area contributed by atoms with E-state index in [9.17, 15) is 0 Å². The van der Waals surface area contributed by atoms with Gasteiger partial charge in [-0.1, -0.05) is 12.1 Å². The smallest absolute Gasteiger partial charge is 0.170 e. The van der Waals surface area contributed by atoms with Crippen molar-refractivity contribution in [2.45, 2.75) is 31.5 Å². The van der Waals surface area contributed by atoms with Gasteiger partial charge in [0.25, 0.3) is 0 Å². The number of anilines is 2. The lowest BCUT2D eigenvalue weighted by molar-refractivity contribution is 0.0935. The maximum Gasteiger partial charge on any atom is 0.170 e. The third kappa shape index (κ3) is 2.86. The van der Waals surface area contributed by atoms with Crippen LogP contribution in [0, 0.1) is 0 Å². The zero-order chi connectivity index (χ0) is 21.1. The van der Waals surface area contributed by atoms with Crippen LogP contribution in [0.15, 0.2) is 36.7 Å². The monoisotopic (exact) mass is 429 g/mol. The first-order valence-electron chi connectivity index (χ1n) is 11.1. The first-order valence-corrected chi connectivity index (χ1v) is 11.1. The van der Waals surface area contributed by atoms with Gasteiger partial charge in [0.05, 0.1) is 43.7 Å². The average Bonchev–Trinajstić information content (AvgIpc) is 3.37. The molecular formula is C22H23N9O. The number of ether oxygens (including phenoxy) is 1. The van der Waals surface area contributed by atoms with E-state index in [2.05, 4.69) is 48.5 Å². The first-order chi connectivity index (χ1) is 15.8. The van der Waals surface area contributed by atoms with E-state index in [1.54, 1.807) is 0 Å². The number of H-pyrrole nitrogens is 1. The molecule has 0 amide bonds. The van der Waals surface area contributed by atoms with Gasteiger partial charge >= 0.3 is 0 Å². The van der Waals surface area contributed by atoms with Crippen LogP contribution in [0.2, 0.25) is 0 Å². The summed E-state index contributed by atoms with van der Waals surface area (Å²) in [7, 11) is 0. The van der Waals surface area contributed by atoms with Crippen molar-refractivity contribution < 1.29 is 4.74 Å². The van der Waals surface area contributed by atoms with Gasteiger partial charge in [0, 0.05) is 35.8 Å². The summed E-state index contributed by atoms with van der Waals surface area (Å²) in [5.74, 6) is 2.60. The van der Waals surface area contributed by atoms with E-state index in [1.165, 1.54) is 0 Å². The van der Waals surface area contributed by atoms with Crippen LogP contribution in [-0.2, 0) is 11.3 Å². The van der Waals surface area contributed by atoms with Crippen LogP contribution < -0.4 is 9.80 Å². The summed E-state index contributed by atoms with van der Waals surface area (Å²) >= 11 is 0. The van der Waals surface area contributed by atoms with Crippen molar-refractivity contribution in [1.82, 2.24) is 35.2 Å². The van der Waals surface area contributed by atoms with Crippen molar-refractivity contribution >= 4 is 22.4 Å². The number of nitrogens with one attached hydrogen (secondary N) is 1. The van der Waals surface area contributed by atoms with Gasteiger partial charge in [-0.2, -0.15) is 0 Å². The molecule has 0 radical (unpaired) electrons. The Morgan fingerprint density at radius 2 is 2.12 bits per heavy atom. The number of aromatic nitrogens is 7. The molecule has 1 saturated carbocycles. The second kappa shape index (κ2) is 6.99. The van der Waals surface area contributed by atoms with E-state index in [-0.39, 0.29) is 6.04 Å². The molecule has 1 aliphatic carbocycles. The van der Waals surface area contributed by atoms with Crippen molar-refractivity contribution in [2.75, 3.05) is 36.1 Å². The molecule has 1 aromatic carbocycles. The fourth-order valence-corrected chi connectivity index (χ4v) is 4.89. The lowest BCUT2D eigenvalue weighted by Gasteiger charge is -2.45. The van der Waals surface area contributed by atoms with Gasteiger partial charge in [-0.25, -0.2) is 14.6 Å². The van der Waals surface area contributed by atoms with E-state index in [4.69, 9.17) is 14.7 Å². The Hall–Kier alpha value is -3.53. The van der Waals surface area contributed by atoms with Gasteiger partial charge in [0.15, 0.2) is 17.5 Å². The molecule has 32 heavy (non-hydrogen) atoms. The van der Waals surface area contributed by atoms with E-state index in [0.717, 1.165) is 65.6 Å². The van der Waals surface area contributed by atoms with Crippen molar-refractivity contribution in [3.05, 3.63) is 42.5 Å². The Bertz CT molecular complexity index is 1290. The molecule has 1 saturated heterocycles. The van der Waals surface area contributed by atoms with Crippen molar-refractivity contribution in [1.29, 1.82) is 0 Å². The number of fused-ring (bicyclic) bond motifs is 4. The van der Waals surface area contributed by atoms with Gasteiger partial charge in [-0.15, -0.1) is 5.10 Å². The summed E-state index contributed by atoms with van der Waals surface area (Å²) in [6.45, 7) is 3.70. The molecule has 10 nitrogen and oxygen atoms in total. The highest BCUT2D eigenvalue weighted by Gasteiger charge is 2.36. The third-order valence-corrected chi connectivity index (χ3v) is 6.64. The standard InChI is InChI=1S/C22H23N9O/c1-2-17(16-6-7-23-18(16)3-1)21-24-10-19-22(25-21)30-8-9-32-13-15(30)11-29(19)12-20-26-27-28-31(20)14-4-5-14/h1-3,6-7,10,14-15,23H,4-5,8-9,11-13H2. The SMILES string of the molecule is c1cc(-c2ncc3c(n2)N2CCOCC2CN3Cc2nnnn2C2CC2)c2cc[nH]c2c1. The molecule has 2 aliphatic heterocycles. The van der Waals surface area contributed by atoms with Crippen LogP contribution in [0.25, 0.3) is 22.3 Å². The van der Waals surface area contributed by atoms with Gasteiger partial charge in [0.2, 0.25) is 0 Å². The zero-order valence-electron chi connectivity index (χ0n) is 17.6. The largest absolute Gasteiger partial charge is 0.377 e. The highest BCUT2D eigenvalue weighted by atomic mass is 16.5. The third-order valence-electron chi connectivity index (χ3n) is 6.64. The second-order valence-electron chi connectivity index (χ2n) is 8.72. The lowest BCUT2D eigenvalue weighted by Crippen LogP contribution is -2.55. The van der Waals surface area contributed by atoms with Crippen molar-refractivity contribution in [2.24, 2.45) is 0 Å². The van der Waals surface area contributed by atoms with Gasteiger partial charge < -0.3 is 19.5 Å². The summed E-state index contributed by atoms with van der Waals surface area (Å²) in [6, 6.07) is 8.96. The topological polar surface area (TPSA) is 101 Å². The summed E-state index contributed by atoms with van der Waals surface area (Å²) in [5, 5.41) is 13.6. The Balaban J connectivity index is 1.31. The molecule has 0 bridgehead atoms. The molecule has 1 atom stereocenters. The van der Waals surface area contributed by atoms with Crippen LogP contribution in [0.3, 0.4) is 0 Å². The quantitative estimate of drug-likeness (QED) is 0.527. The normalized spacial score (nSPS) is 20.4. The average molecular weight is 429 g/mol. The summed E-state index contributed by atoms with van der Waals surface area (Å²) in [6.07, 6.45) is 6.21. The highest BCUT2D eigenvalue weighted by Crippen LogP contribution is 2.39. The number of morpholine rings is 1. The van der Waals surface area contributed by atoms with Crippen LogP contribution in [0.5, 0.6) is 0 Å². The van der Waals surface area contributed by atoms with Gasteiger partial charge in [-0.05, 0) is 35.4 Å². The summed E-state index contributed by atoms with van der Waals surface area (Å²) in [5.41, 5.74) is 3.14. The number of rotatable bonds is 4. The highest BCUT2D eigenvalue weighted by molar-refractivity contribution is 5.93. The number of benzene rings is 1. The predicted molar refractivity (Wildman–Crippen MR) is 118 cm³/mol. The molecule has 7 rings (SSSR count). The predicted octanol–water partition coefficient (Wildman–Crippen LogP) is 2.17. The minimum Gasteiger partial charge on any atom is -0.377 e. The lowest BCUT2D eigenvalue weighted by atomic mass is 10.1. The number of aromatic amines is 1. The molecule has 2 fully saturated rings. The minimum absolute atomic E-state index is 0.243. The molecule has 5 heterocycles. The molecule has 1 N–H and O–H groups in total. The Labute approximate surface area is 184 Å². The molecular weight excluding hydrogens is 406 g/mol. The number of nitrogens with zero attached hydrogens (tertiary/aromatic N) is 8. The molecule has 1 unspecified atom stereocenters. The van der Waals surface area contributed by atoms with Crippen molar-refractivity contribution in [3.8, 4) is 11.4 Å². The molecule has 10 heteroatoms. The Morgan fingerprint density at radius 1 is 1.16 bits per heavy atom. The van der Waals surface area contributed by atoms with Gasteiger partial charge in [-0.3, -0.25) is 0 Å². The van der Waals surface area contributed by atoms with Crippen LogP contribution >= 0.6 is 0 Å². The number of hydrogen-bond acceptors (Lipinski definition) is 8. The fraction of sp³-hybridized carbons (Fsp3) is 0.409. The fourth-order valence-electron chi connectivity index (χ4n) is 4.89. The first kappa shape index (κ1) is 18.1. The van der Waals surface area contributed by atoms with Crippen molar-refractivity contribution in [3.63, 3.8) is 0 Å². The van der Waals surface area contributed by atoms with E-state index in [1.807, 2.05) is 23.1 Å². The van der Waals surface area contributed by atoms with Gasteiger partial charge in [0.1, 0.15) is 0 Å². The van der Waals surface area contributed by atoms with Crippen LogP contribution in [0.4, 0.5) is 11.5 Å². The number of hydrogen-bond donors (Lipinski definition) is 1. The Kier molecular flexibility index (Phi) is 3.95. The maximum atomic E-state index is 5.81. The molecule has 4 aromatic rings. The van der Waals surface area contributed by atoms with E-state index < -0.39 is 0 Å².